The third-order valence-electron chi connectivity index (χ3n) is 3.26. The molecule has 112 valence electrons. The molecule has 5 nitrogen and oxygen atoms in total. The Morgan fingerprint density at radius 2 is 2.00 bits per heavy atom. The molecule has 0 aromatic heterocycles. The van der Waals surface area contributed by atoms with E-state index >= 15 is 0 Å². The van der Waals surface area contributed by atoms with Crippen molar-refractivity contribution in [1.82, 2.24) is 0 Å². The summed E-state index contributed by atoms with van der Waals surface area (Å²) in [7, 11) is 3.00. The van der Waals surface area contributed by atoms with Crippen molar-refractivity contribution < 1.29 is 24.1 Å². The molecule has 0 heterocycles. The van der Waals surface area contributed by atoms with Crippen LogP contribution >= 0.6 is 0 Å². The molecule has 0 spiro atoms. The molecule has 0 saturated carbocycles. The number of hydrogen-bond donors (Lipinski definition) is 1. The molecule has 1 aliphatic carbocycles. The lowest BCUT2D eigenvalue weighted by Gasteiger charge is -2.25. The lowest BCUT2D eigenvalue weighted by atomic mass is 9.99. The minimum atomic E-state index is -0.978. The highest BCUT2D eigenvalue weighted by atomic mass is 16.5. The first-order chi connectivity index (χ1) is 10.2. The highest BCUT2D eigenvalue weighted by molar-refractivity contribution is 5.87. The SMILES string of the molecule is COC1=C(OCc2ccccc2)C(OC)CC(C(=O)O)=C1. The predicted molar refractivity (Wildman–Crippen MR) is 76.4 cm³/mol. The van der Waals surface area contributed by atoms with E-state index in [1.54, 1.807) is 0 Å². The van der Waals surface area contributed by atoms with Gasteiger partial charge >= 0.3 is 5.97 Å². The summed E-state index contributed by atoms with van der Waals surface area (Å²) in [5, 5.41) is 9.12. The first-order valence-electron chi connectivity index (χ1n) is 6.57. The second kappa shape index (κ2) is 6.95. The summed E-state index contributed by atoms with van der Waals surface area (Å²) in [4.78, 5) is 11.1. The second-order valence-electron chi connectivity index (χ2n) is 4.61. The van der Waals surface area contributed by atoms with Crippen molar-refractivity contribution in [1.29, 1.82) is 0 Å². The zero-order valence-corrected chi connectivity index (χ0v) is 12.0. The van der Waals surface area contributed by atoms with Gasteiger partial charge in [0.25, 0.3) is 0 Å². The van der Waals surface area contributed by atoms with Crippen molar-refractivity contribution in [3.8, 4) is 0 Å². The van der Waals surface area contributed by atoms with Crippen molar-refractivity contribution in [2.45, 2.75) is 19.1 Å². The van der Waals surface area contributed by atoms with Crippen molar-refractivity contribution in [2.24, 2.45) is 0 Å². The van der Waals surface area contributed by atoms with Gasteiger partial charge in [-0.1, -0.05) is 30.3 Å². The van der Waals surface area contributed by atoms with Crippen LogP contribution in [0.2, 0.25) is 0 Å². The number of carbonyl (C=O) groups is 1. The fourth-order valence-corrected chi connectivity index (χ4v) is 2.14. The van der Waals surface area contributed by atoms with Crippen molar-refractivity contribution in [3.63, 3.8) is 0 Å². The van der Waals surface area contributed by atoms with Crippen LogP contribution in [0.3, 0.4) is 0 Å². The standard InChI is InChI=1S/C16H18O5/c1-19-13-8-12(16(17)18)9-14(20-2)15(13)21-10-11-6-4-3-5-7-11/h3-8,14H,9-10H2,1-2H3,(H,17,18). The van der Waals surface area contributed by atoms with Gasteiger partial charge in [0.05, 0.1) is 7.11 Å². The van der Waals surface area contributed by atoms with Gasteiger partial charge in [-0.25, -0.2) is 4.79 Å². The Balaban J connectivity index is 2.21. The van der Waals surface area contributed by atoms with Crippen LogP contribution in [-0.2, 0) is 25.6 Å². The average Bonchev–Trinajstić information content (AvgIpc) is 2.52. The van der Waals surface area contributed by atoms with Gasteiger partial charge in [0.2, 0.25) is 0 Å². The van der Waals surface area contributed by atoms with E-state index in [0.29, 0.717) is 18.1 Å². The molecule has 5 heteroatoms. The van der Waals surface area contributed by atoms with Crippen LogP contribution in [0.25, 0.3) is 0 Å². The lowest BCUT2D eigenvalue weighted by Crippen LogP contribution is -2.24. The number of carboxylic acids is 1. The minimum absolute atomic E-state index is 0.241. The Morgan fingerprint density at radius 3 is 2.57 bits per heavy atom. The zero-order valence-electron chi connectivity index (χ0n) is 12.0. The predicted octanol–water partition coefficient (Wildman–Crippen LogP) is 2.49. The topological polar surface area (TPSA) is 65.0 Å². The maximum atomic E-state index is 11.1. The van der Waals surface area contributed by atoms with Gasteiger partial charge in [-0.05, 0) is 11.6 Å². The molecule has 0 aliphatic heterocycles. The molecule has 1 aliphatic rings. The van der Waals surface area contributed by atoms with Crippen molar-refractivity contribution in [3.05, 3.63) is 59.1 Å². The molecule has 1 aromatic carbocycles. The number of methoxy groups -OCH3 is 2. The Labute approximate surface area is 123 Å². The van der Waals surface area contributed by atoms with Gasteiger partial charge in [0.15, 0.2) is 11.5 Å². The van der Waals surface area contributed by atoms with E-state index in [1.165, 1.54) is 20.3 Å². The summed E-state index contributed by atoms with van der Waals surface area (Å²) in [6.07, 6.45) is 1.28. The van der Waals surface area contributed by atoms with E-state index in [9.17, 15) is 4.79 Å². The van der Waals surface area contributed by atoms with E-state index in [1.807, 2.05) is 30.3 Å². The van der Waals surface area contributed by atoms with E-state index < -0.39 is 12.1 Å². The Morgan fingerprint density at radius 1 is 1.29 bits per heavy atom. The van der Waals surface area contributed by atoms with E-state index in [0.717, 1.165) is 5.56 Å². The molecule has 0 amide bonds. The fourth-order valence-electron chi connectivity index (χ4n) is 2.14. The Kier molecular flexibility index (Phi) is 5.00. The van der Waals surface area contributed by atoms with Crippen LogP contribution in [0.15, 0.2) is 53.5 Å². The van der Waals surface area contributed by atoms with Gasteiger partial charge in [-0.15, -0.1) is 0 Å². The van der Waals surface area contributed by atoms with E-state index in [4.69, 9.17) is 19.3 Å². The van der Waals surface area contributed by atoms with Gasteiger partial charge in [0.1, 0.15) is 12.7 Å². The average molecular weight is 290 g/mol. The molecule has 21 heavy (non-hydrogen) atoms. The van der Waals surface area contributed by atoms with Crippen LogP contribution in [0.5, 0.6) is 0 Å². The summed E-state index contributed by atoms with van der Waals surface area (Å²) in [5.74, 6) is -0.0657. The Hall–Kier alpha value is -2.27. The zero-order chi connectivity index (χ0) is 15.2. The van der Waals surface area contributed by atoms with Gasteiger partial charge < -0.3 is 19.3 Å². The quantitative estimate of drug-likeness (QED) is 0.872. The number of ether oxygens (including phenoxy) is 3. The molecule has 1 N–H and O–H groups in total. The summed E-state index contributed by atoms with van der Waals surface area (Å²) >= 11 is 0. The van der Waals surface area contributed by atoms with Crippen LogP contribution in [0.4, 0.5) is 0 Å². The monoisotopic (exact) mass is 290 g/mol. The van der Waals surface area contributed by atoms with Crippen LogP contribution in [-0.4, -0.2) is 31.4 Å². The number of benzene rings is 1. The van der Waals surface area contributed by atoms with Crippen LogP contribution in [0.1, 0.15) is 12.0 Å². The third-order valence-corrected chi connectivity index (χ3v) is 3.26. The molecule has 1 unspecified atom stereocenters. The number of aliphatic carboxylic acids is 1. The Bertz CT molecular complexity index is 559. The molecule has 1 aromatic rings. The first kappa shape index (κ1) is 15.1. The molecule has 2 rings (SSSR count). The first-order valence-corrected chi connectivity index (χ1v) is 6.57. The molecule has 0 radical (unpaired) electrons. The summed E-state index contributed by atoms with van der Waals surface area (Å²) in [6, 6.07) is 9.71. The molecule has 0 saturated heterocycles. The normalized spacial score (nSPS) is 18.2. The molecular formula is C16H18O5. The van der Waals surface area contributed by atoms with Gasteiger partial charge in [-0.3, -0.25) is 0 Å². The highest BCUT2D eigenvalue weighted by Crippen LogP contribution is 2.28. The van der Waals surface area contributed by atoms with Gasteiger partial charge in [0, 0.05) is 19.1 Å². The smallest absolute Gasteiger partial charge is 0.331 e. The largest absolute Gasteiger partial charge is 0.493 e. The number of carboxylic acid groups (broad SMARTS) is 1. The van der Waals surface area contributed by atoms with E-state index in [-0.39, 0.29) is 12.0 Å². The minimum Gasteiger partial charge on any atom is -0.493 e. The molecule has 1 atom stereocenters. The maximum absolute atomic E-state index is 11.1. The number of rotatable bonds is 6. The van der Waals surface area contributed by atoms with Crippen molar-refractivity contribution in [2.75, 3.05) is 14.2 Å². The molecular weight excluding hydrogens is 272 g/mol. The third kappa shape index (κ3) is 3.64. The maximum Gasteiger partial charge on any atom is 0.331 e. The number of hydrogen-bond acceptors (Lipinski definition) is 4. The number of allylic oxidation sites excluding steroid dienone is 1. The summed E-state index contributed by atoms with van der Waals surface area (Å²) < 4.78 is 16.4. The lowest BCUT2D eigenvalue weighted by molar-refractivity contribution is -0.133. The highest BCUT2D eigenvalue weighted by Gasteiger charge is 2.29. The summed E-state index contributed by atoms with van der Waals surface area (Å²) in [5.41, 5.74) is 1.26. The summed E-state index contributed by atoms with van der Waals surface area (Å²) in [6.45, 7) is 0.374. The van der Waals surface area contributed by atoms with Crippen LogP contribution in [0, 0.1) is 0 Å². The molecule has 0 bridgehead atoms. The van der Waals surface area contributed by atoms with E-state index in [2.05, 4.69) is 0 Å². The second-order valence-corrected chi connectivity index (χ2v) is 4.61. The van der Waals surface area contributed by atoms with Crippen LogP contribution < -0.4 is 0 Å². The fraction of sp³-hybridized carbons (Fsp3) is 0.312. The van der Waals surface area contributed by atoms with Gasteiger partial charge in [-0.2, -0.15) is 0 Å². The van der Waals surface area contributed by atoms with Crippen molar-refractivity contribution >= 4 is 5.97 Å². The molecule has 0 fully saturated rings.